The Labute approximate surface area is 115 Å². The van der Waals surface area contributed by atoms with Gasteiger partial charge in [0.1, 0.15) is 11.5 Å². The molecule has 1 aromatic carbocycles. The number of alkyl halides is 2. The Morgan fingerprint density at radius 1 is 1.25 bits per heavy atom. The SMILES string of the molecule is COc1cccc(OC)c1S(=O)(=O)NCC(F)(F)CN. The average molecular weight is 310 g/mol. The number of nitrogens with two attached hydrogens (primary N) is 1. The molecule has 0 unspecified atom stereocenters. The number of nitrogens with one attached hydrogen (secondary N) is 1. The van der Waals surface area contributed by atoms with Gasteiger partial charge in [-0.2, -0.15) is 0 Å². The summed E-state index contributed by atoms with van der Waals surface area (Å²) in [6, 6.07) is 4.29. The van der Waals surface area contributed by atoms with Gasteiger partial charge in [-0.3, -0.25) is 0 Å². The largest absolute Gasteiger partial charge is 0.495 e. The van der Waals surface area contributed by atoms with Crippen LogP contribution >= 0.6 is 0 Å². The van der Waals surface area contributed by atoms with Crippen molar-refractivity contribution in [3.8, 4) is 11.5 Å². The minimum Gasteiger partial charge on any atom is -0.495 e. The van der Waals surface area contributed by atoms with E-state index in [1.54, 1.807) is 4.72 Å². The van der Waals surface area contributed by atoms with Gasteiger partial charge in [-0.15, -0.1) is 0 Å². The normalized spacial score (nSPS) is 12.2. The lowest BCUT2D eigenvalue weighted by Crippen LogP contribution is -2.41. The number of sulfonamides is 1. The number of benzene rings is 1. The zero-order valence-corrected chi connectivity index (χ0v) is 11.8. The summed E-state index contributed by atoms with van der Waals surface area (Å²) in [6.45, 7) is -2.06. The third kappa shape index (κ3) is 3.78. The van der Waals surface area contributed by atoms with Crippen LogP contribution in [0.25, 0.3) is 0 Å². The van der Waals surface area contributed by atoms with E-state index in [0.29, 0.717) is 0 Å². The van der Waals surface area contributed by atoms with E-state index < -0.39 is 29.0 Å². The van der Waals surface area contributed by atoms with Gasteiger partial charge < -0.3 is 15.2 Å². The third-order valence-electron chi connectivity index (χ3n) is 2.47. The van der Waals surface area contributed by atoms with Gasteiger partial charge >= 0.3 is 0 Å². The van der Waals surface area contributed by atoms with Crippen molar-refractivity contribution in [2.75, 3.05) is 27.3 Å². The Hall–Kier alpha value is -1.45. The first kappa shape index (κ1) is 16.6. The van der Waals surface area contributed by atoms with Crippen LogP contribution in [-0.4, -0.2) is 41.6 Å². The first-order chi connectivity index (χ1) is 9.27. The molecule has 0 amide bonds. The van der Waals surface area contributed by atoms with Gasteiger partial charge in [0.15, 0.2) is 4.90 Å². The fourth-order valence-corrected chi connectivity index (χ4v) is 2.80. The molecule has 0 saturated heterocycles. The van der Waals surface area contributed by atoms with E-state index in [1.165, 1.54) is 32.4 Å². The van der Waals surface area contributed by atoms with E-state index in [0.717, 1.165) is 0 Å². The van der Waals surface area contributed by atoms with Crippen LogP contribution in [0.1, 0.15) is 0 Å². The molecule has 0 aliphatic rings. The van der Waals surface area contributed by atoms with E-state index in [1.807, 2.05) is 0 Å². The number of hydrogen-bond donors (Lipinski definition) is 2. The lowest BCUT2D eigenvalue weighted by Gasteiger charge is -2.17. The maximum atomic E-state index is 13.0. The fourth-order valence-electron chi connectivity index (χ4n) is 1.43. The lowest BCUT2D eigenvalue weighted by molar-refractivity contribution is 0.0170. The predicted octanol–water partition coefficient (Wildman–Crippen LogP) is 0.576. The molecule has 1 rings (SSSR count). The van der Waals surface area contributed by atoms with E-state index in [9.17, 15) is 17.2 Å². The van der Waals surface area contributed by atoms with Crippen LogP contribution in [-0.2, 0) is 10.0 Å². The minimum absolute atomic E-state index is 0.00656. The van der Waals surface area contributed by atoms with E-state index >= 15 is 0 Å². The Bertz CT molecular complexity index is 541. The molecule has 0 atom stereocenters. The first-order valence-electron chi connectivity index (χ1n) is 5.56. The van der Waals surface area contributed by atoms with E-state index in [2.05, 4.69) is 0 Å². The van der Waals surface area contributed by atoms with Crippen molar-refractivity contribution >= 4 is 10.0 Å². The summed E-state index contributed by atoms with van der Waals surface area (Å²) in [5.74, 6) is -3.34. The number of methoxy groups -OCH3 is 2. The summed E-state index contributed by atoms with van der Waals surface area (Å²) in [5, 5.41) is 0. The molecule has 0 aliphatic carbocycles. The molecule has 0 aliphatic heterocycles. The minimum atomic E-state index is -4.22. The highest BCUT2D eigenvalue weighted by Gasteiger charge is 2.32. The van der Waals surface area contributed by atoms with E-state index in [-0.39, 0.29) is 16.4 Å². The first-order valence-corrected chi connectivity index (χ1v) is 7.04. The van der Waals surface area contributed by atoms with Crippen LogP contribution in [0.2, 0.25) is 0 Å². The molecular formula is C11H16F2N2O4S. The summed E-state index contributed by atoms with van der Waals surface area (Å²) in [7, 11) is -1.69. The molecule has 20 heavy (non-hydrogen) atoms. The topological polar surface area (TPSA) is 90.6 Å². The maximum absolute atomic E-state index is 13.0. The number of hydrogen-bond acceptors (Lipinski definition) is 5. The Balaban J connectivity index is 3.15. The lowest BCUT2D eigenvalue weighted by atomic mass is 10.3. The van der Waals surface area contributed by atoms with Gasteiger partial charge in [0.25, 0.3) is 5.92 Å². The molecule has 0 bridgehead atoms. The molecule has 0 fully saturated rings. The van der Waals surface area contributed by atoms with Crippen molar-refractivity contribution in [3.05, 3.63) is 18.2 Å². The monoisotopic (exact) mass is 310 g/mol. The Morgan fingerprint density at radius 2 is 1.75 bits per heavy atom. The highest BCUT2D eigenvalue weighted by atomic mass is 32.2. The van der Waals surface area contributed by atoms with E-state index in [4.69, 9.17) is 15.2 Å². The molecule has 0 spiro atoms. The molecule has 0 aromatic heterocycles. The summed E-state index contributed by atoms with van der Waals surface area (Å²) >= 11 is 0. The van der Waals surface area contributed by atoms with Crippen LogP contribution < -0.4 is 19.9 Å². The van der Waals surface area contributed by atoms with Crippen LogP contribution in [0, 0.1) is 0 Å². The van der Waals surface area contributed by atoms with Gasteiger partial charge in [0.05, 0.1) is 27.3 Å². The van der Waals surface area contributed by atoms with Gasteiger partial charge in [0.2, 0.25) is 10.0 Å². The summed E-state index contributed by atoms with van der Waals surface area (Å²) < 4.78 is 62.0. The fraction of sp³-hybridized carbons (Fsp3) is 0.455. The molecule has 0 radical (unpaired) electrons. The second-order valence-corrected chi connectivity index (χ2v) is 5.58. The number of ether oxygens (including phenoxy) is 2. The summed E-state index contributed by atoms with van der Waals surface area (Å²) in [6.07, 6.45) is 0. The highest BCUT2D eigenvalue weighted by molar-refractivity contribution is 7.89. The molecule has 114 valence electrons. The zero-order chi connectivity index (χ0) is 15.4. The van der Waals surface area contributed by atoms with Gasteiger partial charge in [-0.1, -0.05) is 6.07 Å². The van der Waals surface area contributed by atoms with Crippen LogP contribution in [0.15, 0.2) is 23.1 Å². The number of rotatable bonds is 7. The van der Waals surface area contributed by atoms with Gasteiger partial charge in [0, 0.05) is 0 Å². The molecule has 3 N–H and O–H groups in total. The van der Waals surface area contributed by atoms with Crippen molar-refractivity contribution in [3.63, 3.8) is 0 Å². The number of halogens is 2. The summed E-state index contributed by atoms with van der Waals surface area (Å²) in [5.41, 5.74) is 4.85. The quantitative estimate of drug-likeness (QED) is 0.768. The van der Waals surface area contributed by atoms with Crippen molar-refractivity contribution in [1.29, 1.82) is 0 Å². The molecule has 1 aromatic rings. The summed E-state index contributed by atoms with van der Waals surface area (Å²) in [4.78, 5) is -0.335. The molecule has 9 heteroatoms. The van der Waals surface area contributed by atoms with Crippen molar-refractivity contribution in [2.24, 2.45) is 5.73 Å². The third-order valence-corrected chi connectivity index (χ3v) is 3.94. The maximum Gasteiger partial charge on any atom is 0.273 e. The Kier molecular flexibility index (Phi) is 5.26. The van der Waals surface area contributed by atoms with Crippen molar-refractivity contribution < 1.29 is 26.7 Å². The van der Waals surface area contributed by atoms with Gasteiger partial charge in [-0.25, -0.2) is 21.9 Å². The second-order valence-electron chi connectivity index (χ2n) is 3.88. The van der Waals surface area contributed by atoms with Crippen LogP contribution in [0.3, 0.4) is 0 Å². The molecule has 0 saturated carbocycles. The van der Waals surface area contributed by atoms with Crippen molar-refractivity contribution in [1.82, 2.24) is 4.72 Å². The Morgan fingerprint density at radius 3 is 2.15 bits per heavy atom. The van der Waals surface area contributed by atoms with Crippen LogP contribution in [0.4, 0.5) is 8.78 Å². The second kappa shape index (κ2) is 6.33. The van der Waals surface area contributed by atoms with Crippen molar-refractivity contribution in [2.45, 2.75) is 10.8 Å². The smallest absolute Gasteiger partial charge is 0.273 e. The average Bonchev–Trinajstić information content (AvgIpc) is 2.44. The molecule has 0 heterocycles. The molecule has 6 nitrogen and oxygen atoms in total. The standard InChI is InChI=1S/C11H16F2N2O4S/c1-18-8-4-3-5-9(19-2)10(8)20(16,17)15-7-11(12,13)6-14/h3-5,15H,6-7,14H2,1-2H3. The highest BCUT2D eigenvalue weighted by Crippen LogP contribution is 2.32. The zero-order valence-electron chi connectivity index (χ0n) is 11.0. The van der Waals surface area contributed by atoms with Gasteiger partial charge in [-0.05, 0) is 12.1 Å². The predicted molar refractivity (Wildman–Crippen MR) is 68.7 cm³/mol. The molecular weight excluding hydrogens is 294 g/mol. The van der Waals surface area contributed by atoms with Crippen LogP contribution in [0.5, 0.6) is 11.5 Å².